The maximum atomic E-state index is 5.27. The lowest BCUT2D eigenvalue weighted by molar-refractivity contribution is 0.174. The van der Waals surface area contributed by atoms with Crippen LogP contribution >= 0.6 is 0 Å². The summed E-state index contributed by atoms with van der Waals surface area (Å²) in [5.41, 5.74) is -0.0459. The van der Waals surface area contributed by atoms with Crippen LogP contribution in [0.25, 0.3) is 0 Å². The monoisotopic (exact) mass is 346 g/mol. The topological polar surface area (TPSA) is 80.4 Å². The van der Waals surface area contributed by atoms with Crippen LogP contribution < -0.4 is 4.90 Å². The molecular weight excluding hydrogens is 320 g/mol. The Morgan fingerprint density at radius 3 is 2.60 bits per heavy atom. The maximum Gasteiger partial charge on any atom is 0.240 e. The van der Waals surface area contributed by atoms with Gasteiger partial charge >= 0.3 is 0 Å². The summed E-state index contributed by atoms with van der Waals surface area (Å²) in [7, 11) is 1.62. The summed E-state index contributed by atoms with van der Waals surface area (Å²) in [5, 5.41) is 3.90. The van der Waals surface area contributed by atoms with Gasteiger partial charge in [-0.3, -0.25) is 4.90 Å². The Labute approximate surface area is 148 Å². The van der Waals surface area contributed by atoms with Crippen molar-refractivity contribution in [1.29, 1.82) is 0 Å². The molecule has 0 radical (unpaired) electrons. The number of piperazine rings is 1. The fourth-order valence-electron chi connectivity index (χ4n) is 2.76. The average Bonchev–Trinajstić information content (AvgIpc) is 3.02. The number of methoxy groups -OCH3 is 1. The molecule has 0 aromatic carbocycles. The maximum absolute atomic E-state index is 5.27. The molecule has 2 aromatic rings. The SMILES string of the molecule is COCc1noc(CN2CCN(c3ccnc(C(C)(C)C)n3)CC2)n1. The molecule has 0 aliphatic carbocycles. The van der Waals surface area contributed by atoms with E-state index in [9.17, 15) is 0 Å². The van der Waals surface area contributed by atoms with Gasteiger partial charge < -0.3 is 14.2 Å². The molecule has 3 rings (SSSR count). The minimum Gasteiger partial charge on any atom is -0.377 e. The van der Waals surface area contributed by atoms with Crippen molar-refractivity contribution in [2.45, 2.75) is 39.3 Å². The normalized spacial score (nSPS) is 16.4. The Bertz CT molecular complexity index is 688. The van der Waals surface area contributed by atoms with Crippen molar-refractivity contribution in [3.05, 3.63) is 29.8 Å². The van der Waals surface area contributed by atoms with E-state index in [0.29, 0.717) is 24.9 Å². The highest BCUT2D eigenvalue weighted by Crippen LogP contribution is 2.21. The summed E-state index contributed by atoms with van der Waals surface area (Å²) < 4.78 is 10.3. The van der Waals surface area contributed by atoms with E-state index in [0.717, 1.165) is 37.8 Å². The highest BCUT2D eigenvalue weighted by Gasteiger charge is 2.22. The van der Waals surface area contributed by atoms with E-state index >= 15 is 0 Å². The quantitative estimate of drug-likeness (QED) is 0.808. The summed E-state index contributed by atoms with van der Waals surface area (Å²) in [6.45, 7) is 11.1. The van der Waals surface area contributed by atoms with Gasteiger partial charge in [-0.15, -0.1) is 0 Å². The fraction of sp³-hybridized carbons (Fsp3) is 0.647. The Kier molecular flexibility index (Phi) is 5.29. The van der Waals surface area contributed by atoms with Gasteiger partial charge in [0.05, 0.1) is 6.54 Å². The van der Waals surface area contributed by atoms with Crippen molar-refractivity contribution >= 4 is 5.82 Å². The molecule has 0 atom stereocenters. The van der Waals surface area contributed by atoms with E-state index in [4.69, 9.17) is 14.2 Å². The van der Waals surface area contributed by atoms with Crippen LogP contribution in [0.5, 0.6) is 0 Å². The molecule has 1 saturated heterocycles. The smallest absolute Gasteiger partial charge is 0.240 e. The third-order valence-electron chi connectivity index (χ3n) is 4.15. The molecule has 0 N–H and O–H groups in total. The van der Waals surface area contributed by atoms with E-state index in [1.165, 1.54) is 0 Å². The summed E-state index contributed by atoms with van der Waals surface area (Å²) in [5.74, 6) is 3.10. The number of anilines is 1. The summed E-state index contributed by atoms with van der Waals surface area (Å²) in [6.07, 6.45) is 1.85. The predicted molar refractivity (Wildman–Crippen MR) is 93.2 cm³/mol. The van der Waals surface area contributed by atoms with Crippen molar-refractivity contribution in [3.8, 4) is 0 Å². The Morgan fingerprint density at radius 1 is 1.16 bits per heavy atom. The van der Waals surface area contributed by atoms with Gasteiger partial charge in [0.1, 0.15) is 18.2 Å². The van der Waals surface area contributed by atoms with Crippen LogP contribution in [0.1, 0.15) is 38.3 Å². The number of ether oxygens (including phenoxy) is 1. The molecule has 1 aliphatic rings. The minimum atomic E-state index is -0.0459. The van der Waals surface area contributed by atoms with Crippen molar-refractivity contribution < 1.29 is 9.26 Å². The van der Waals surface area contributed by atoms with Crippen LogP contribution in [-0.2, 0) is 23.3 Å². The Balaban J connectivity index is 1.56. The number of rotatable bonds is 5. The van der Waals surface area contributed by atoms with E-state index in [-0.39, 0.29) is 5.41 Å². The molecule has 0 amide bonds. The molecular formula is C17H26N6O2. The van der Waals surface area contributed by atoms with Gasteiger partial charge in [-0.25, -0.2) is 9.97 Å². The van der Waals surface area contributed by atoms with Gasteiger partial charge in [-0.05, 0) is 6.07 Å². The highest BCUT2D eigenvalue weighted by atomic mass is 16.5. The lowest BCUT2D eigenvalue weighted by Crippen LogP contribution is -2.46. The molecule has 0 spiro atoms. The van der Waals surface area contributed by atoms with Crippen LogP contribution in [0, 0.1) is 0 Å². The first kappa shape index (κ1) is 17.8. The fourth-order valence-corrected chi connectivity index (χ4v) is 2.76. The third-order valence-corrected chi connectivity index (χ3v) is 4.15. The molecule has 2 aromatic heterocycles. The average molecular weight is 346 g/mol. The highest BCUT2D eigenvalue weighted by molar-refractivity contribution is 5.38. The van der Waals surface area contributed by atoms with Gasteiger partial charge in [0.15, 0.2) is 5.82 Å². The molecule has 0 saturated carbocycles. The second-order valence-electron chi connectivity index (χ2n) is 7.29. The lowest BCUT2D eigenvalue weighted by Gasteiger charge is -2.35. The predicted octanol–water partition coefficient (Wildman–Crippen LogP) is 1.63. The van der Waals surface area contributed by atoms with E-state index < -0.39 is 0 Å². The number of aromatic nitrogens is 4. The lowest BCUT2D eigenvalue weighted by atomic mass is 9.96. The van der Waals surface area contributed by atoms with Crippen molar-refractivity contribution in [2.24, 2.45) is 0 Å². The van der Waals surface area contributed by atoms with Crippen LogP contribution in [0.3, 0.4) is 0 Å². The van der Waals surface area contributed by atoms with E-state index in [1.807, 2.05) is 12.3 Å². The Morgan fingerprint density at radius 2 is 1.92 bits per heavy atom. The largest absolute Gasteiger partial charge is 0.377 e. The van der Waals surface area contributed by atoms with Crippen molar-refractivity contribution in [1.82, 2.24) is 25.0 Å². The molecule has 136 valence electrons. The molecule has 0 bridgehead atoms. The second kappa shape index (κ2) is 7.45. The first-order valence-corrected chi connectivity index (χ1v) is 8.57. The van der Waals surface area contributed by atoms with E-state index in [1.54, 1.807) is 7.11 Å². The van der Waals surface area contributed by atoms with Gasteiger partial charge in [0, 0.05) is 44.9 Å². The zero-order valence-corrected chi connectivity index (χ0v) is 15.4. The standard InChI is InChI=1S/C17H26N6O2/c1-17(2,3)16-18-6-5-14(20-16)23-9-7-22(8-10-23)11-15-19-13(12-24-4)21-25-15/h5-6H,7-12H2,1-4H3. The van der Waals surface area contributed by atoms with Crippen LogP contribution in [0.4, 0.5) is 5.82 Å². The number of hydrogen-bond donors (Lipinski definition) is 0. The number of hydrogen-bond acceptors (Lipinski definition) is 8. The third kappa shape index (κ3) is 4.52. The summed E-state index contributed by atoms with van der Waals surface area (Å²) in [6, 6.07) is 1.99. The molecule has 25 heavy (non-hydrogen) atoms. The first-order valence-electron chi connectivity index (χ1n) is 8.57. The first-order chi connectivity index (χ1) is 12.0. The molecule has 1 aliphatic heterocycles. The molecule has 1 fully saturated rings. The van der Waals surface area contributed by atoms with Crippen LogP contribution in [0.15, 0.2) is 16.8 Å². The second-order valence-corrected chi connectivity index (χ2v) is 7.29. The van der Waals surface area contributed by atoms with Crippen molar-refractivity contribution in [2.75, 3.05) is 38.2 Å². The van der Waals surface area contributed by atoms with Gasteiger partial charge in [-0.2, -0.15) is 4.98 Å². The minimum absolute atomic E-state index is 0.0459. The Hall–Kier alpha value is -2.06. The van der Waals surface area contributed by atoms with Gasteiger partial charge in [0.2, 0.25) is 5.89 Å². The van der Waals surface area contributed by atoms with Gasteiger partial charge in [-0.1, -0.05) is 25.9 Å². The summed E-state index contributed by atoms with van der Waals surface area (Å²) >= 11 is 0. The van der Waals surface area contributed by atoms with E-state index in [2.05, 4.69) is 45.7 Å². The zero-order valence-electron chi connectivity index (χ0n) is 15.4. The molecule has 8 nitrogen and oxygen atoms in total. The van der Waals surface area contributed by atoms with Crippen molar-refractivity contribution in [3.63, 3.8) is 0 Å². The number of nitrogens with zero attached hydrogens (tertiary/aromatic N) is 6. The zero-order chi connectivity index (χ0) is 17.9. The molecule has 3 heterocycles. The molecule has 0 unspecified atom stereocenters. The molecule has 8 heteroatoms. The summed E-state index contributed by atoms with van der Waals surface area (Å²) in [4.78, 5) is 18.1. The van der Waals surface area contributed by atoms with Crippen LogP contribution in [-0.4, -0.2) is 58.3 Å². The van der Waals surface area contributed by atoms with Crippen LogP contribution in [0.2, 0.25) is 0 Å². The van der Waals surface area contributed by atoms with Gasteiger partial charge in [0.25, 0.3) is 0 Å².